The summed E-state index contributed by atoms with van der Waals surface area (Å²) < 4.78 is 10.5. The first-order valence-corrected chi connectivity index (χ1v) is 6.89. The molecule has 0 bridgehead atoms. The Kier molecular flexibility index (Phi) is 5.40. The Labute approximate surface area is 133 Å². The summed E-state index contributed by atoms with van der Waals surface area (Å²) in [6.45, 7) is -0.473. The molecule has 2 rings (SSSR count). The van der Waals surface area contributed by atoms with E-state index in [0.717, 1.165) is 0 Å². The number of nitrogens with two attached hydrogens (primary N) is 2. The lowest BCUT2D eigenvalue weighted by Crippen LogP contribution is -2.21. The molecule has 0 saturated carbocycles. The van der Waals surface area contributed by atoms with Gasteiger partial charge in [0.05, 0.1) is 17.9 Å². The van der Waals surface area contributed by atoms with E-state index in [2.05, 4.69) is 0 Å². The van der Waals surface area contributed by atoms with Crippen LogP contribution in [0.4, 0.5) is 11.4 Å². The lowest BCUT2D eigenvalue weighted by Gasteiger charge is -2.12. The Morgan fingerprint density at radius 2 is 1.87 bits per heavy atom. The van der Waals surface area contributed by atoms with Crippen LogP contribution in [0.1, 0.15) is 10.4 Å². The second-order valence-electron chi connectivity index (χ2n) is 4.82. The van der Waals surface area contributed by atoms with Crippen LogP contribution < -0.4 is 20.9 Å². The minimum Gasteiger partial charge on any atom is -0.491 e. The number of ether oxygens (including phenoxy) is 2. The SMILES string of the molecule is Nc1cc(OCC(O)CO)ccc1OC(=O)c1ccccc1N. The summed E-state index contributed by atoms with van der Waals surface area (Å²) in [7, 11) is 0. The molecular weight excluding hydrogens is 300 g/mol. The lowest BCUT2D eigenvalue weighted by atomic mass is 10.2. The fourth-order valence-corrected chi connectivity index (χ4v) is 1.79. The number of hydrogen-bond donors (Lipinski definition) is 4. The molecule has 2 aromatic carbocycles. The van der Waals surface area contributed by atoms with E-state index in [1.54, 1.807) is 24.3 Å². The molecule has 0 saturated heterocycles. The van der Waals surface area contributed by atoms with Gasteiger partial charge in [0.1, 0.15) is 18.5 Å². The minimum atomic E-state index is -0.977. The molecule has 0 spiro atoms. The Hall–Kier alpha value is -2.77. The molecule has 0 fully saturated rings. The van der Waals surface area contributed by atoms with Crippen LogP contribution in [0.15, 0.2) is 42.5 Å². The first-order valence-electron chi connectivity index (χ1n) is 6.89. The van der Waals surface area contributed by atoms with Crippen LogP contribution in [-0.4, -0.2) is 35.5 Å². The topological polar surface area (TPSA) is 128 Å². The molecule has 1 atom stereocenters. The minimum absolute atomic E-state index is 0.0738. The highest BCUT2D eigenvalue weighted by Crippen LogP contribution is 2.27. The van der Waals surface area contributed by atoms with Gasteiger partial charge in [0, 0.05) is 11.8 Å². The van der Waals surface area contributed by atoms with Gasteiger partial charge < -0.3 is 31.2 Å². The summed E-state index contributed by atoms with van der Waals surface area (Å²) in [4.78, 5) is 12.1. The Balaban J connectivity index is 2.06. The van der Waals surface area contributed by atoms with Gasteiger partial charge in [0.25, 0.3) is 0 Å². The van der Waals surface area contributed by atoms with Crippen LogP contribution in [-0.2, 0) is 0 Å². The van der Waals surface area contributed by atoms with Gasteiger partial charge in [-0.15, -0.1) is 0 Å². The Morgan fingerprint density at radius 3 is 2.52 bits per heavy atom. The average molecular weight is 318 g/mol. The molecule has 7 nitrogen and oxygen atoms in total. The number of nitrogen functional groups attached to an aromatic ring is 2. The first kappa shape index (κ1) is 16.6. The van der Waals surface area contributed by atoms with E-state index in [1.165, 1.54) is 18.2 Å². The first-order chi connectivity index (χ1) is 11.0. The van der Waals surface area contributed by atoms with Crippen LogP contribution >= 0.6 is 0 Å². The summed E-state index contributed by atoms with van der Waals surface area (Å²) in [6, 6.07) is 11.0. The number of carbonyl (C=O) groups is 1. The third kappa shape index (κ3) is 4.35. The van der Waals surface area contributed by atoms with E-state index in [-0.39, 0.29) is 23.6 Å². The lowest BCUT2D eigenvalue weighted by molar-refractivity contribution is 0.0536. The summed E-state index contributed by atoms with van der Waals surface area (Å²) in [5, 5.41) is 17.9. The molecule has 0 aliphatic heterocycles. The fraction of sp³-hybridized carbons (Fsp3) is 0.188. The molecular formula is C16H18N2O5. The second kappa shape index (κ2) is 7.48. The van der Waals surface area contributed by atoms with Crippen LogP contribution in [0.5, 0.6) is 11.5 Å². The van der Waals surface area contributed by atoms with Crippen molar-refractivity contribution >= 4 is 17.3 Å². The number of hydrogen-bond acceptors (Lipinski definition) is 7. The van der Waals surface area contributed by atoms with Crippen LogP contribution in [0.3, 0.4) is 0 Å². The highest BCUT2D eigenvalue weighted by atomic mass is 16.5. The van der Waals surface area contributed by atoms with Gasteiger partial charge in [-0.1, -0.05) is 12.1 Å². The normalized spacial score (nSPS) is 11.7. The van der Waals surface area contributed by atoms with Gasteiger partial charge in [-0.2, -0.15) is 0 Å². The van der Waals surface area contributed by atoms with E-state index in [0.29, 0.717) is 11.4 Å². The highest BCUT2D eigenvalue weighted by molar-refractivity contribution is 5.96. The van der Waals surface area contributed by atoms with Gasteiger partial charge in [-0.3, -0.25) is 0 Å². The van der Waals surface area contributed by atoms with Crippen LogP contribution in [0.2, 0.25) is 0 Å². The van der Waals surface area contributed by atoms with Crippen molar-refractivity contribution in [2.45, 2.75) is 6.10 Å². The summed E-state index contributed by atoms with van der Waals surface area (Å²) in [6.07, 6.45) is -0.977. The number of esters is 1. The smallest absolute Gasteiger partial charge is 0.345 e. The Morgan fingerprint density at radius 1 is 1.13 bits per heavy atom. The maximum absolute atomic E-state index is 12.1. The number of carbonyl (C=O) groups excluding carboxylic acids is 1. The molecule has 0 aromatic heterocycles. The molecule has 1 unspecified atom stereocenters. The van der Waals surface area contributed by atoms with Crippen molar-refractivity contribution in [1.82, 2.24) is 0 Å². The fourth-order valence-electron chi connectivity index (χ4n) is 1.79. The molecule has 23 heavy (non-hydrogen) atoms. The summed E-state index contributed by atoms with van der Waals surface area (Å²) in [5.74, 6) is -0.0542. The van der Waals surface area contributed by atoms with Crippen molar-refractivity contribution in [3.8, 4) is 11.5 Å². The number of aliphatic hydroxyl groups is 2. The van der Waals surface area contributed by atoms with Gasteiger partial charge in [-0.05, 0) is 24.3 Å². The van der Waals surface area contributed by atoms with E-state index in [4.69, 9.17) is 26.0 Å². The molecule has 0 radical (unpaired) electrons. The molecule has 0 aliphatic rings. The van der Waals surface area contributed by atoms with Crippen molar-refractivity contribution in [2.75, 3.05) is 24.7 Å². The maximum Gasteiger partial charge on any atom is 0.345 e. The maximum atomic E-state index is 12.1. The van der Waals surface area contributed by atoms with Gasteiger partial charge in [-0.25, -0.2) is 4.79 Å². The number of para-hydroxylation sites is 1. The molecule has 122 valence electrons. The molecule has 7 heteroatoms. The zero-order chi connectivity index (χ0) is 16.8. The third-order valence-electron chi connectivity index (χ3n) is 3.02. The van der Waals surface area contributed by atoms with Gasteiger partial charge >= 0.3 is 5.97 Å². The average Bonchev–Trinajstić information content (AvgIpc) is 2.55. The third-order valence-corrected chi connectivity index (χ3v) is 3.02. The zero-order valence-electron chi connectivity index (χ0n) is 12.3. The monoisotopic (exact) mass is 318 g/mol. The second-order valence-corrected chi connectivity index (χ2v) is 4.82. The van der Waals surface area contributed by atoms with E-state index in [1.807, 2.05) is 0 Å². The van der Waals surface area contributed by atoms with Crippen molar-refractivity contribution in [3.05, 3.63) is 48.0 Å². The van der Waals surface area contributed by atoms with E-state index < -0.39 is 18.7 Å². The molecule has 2 aromatic rings. The van der Waals surface area contributed by atoms with Crippen molar-refractivity contribution in [3.63, 3.8) is 0 Å². The molecule has 0 heterocycles. The number of anilines is 2. The number of rotatable bonds is 6. The van der Waals surface area contributed by atoms with Gasteiger partial charge in [0.15, 0.2) is 5.75 Å². The van der Waals surface area contributed by atoms with Crippen LogP contribution in [0, 0.1) is 0 Å². The standard InChI is InChI=1S/C16H18N2O5/c17-13-4-2-1-3-12(13)16(21)23-15-6-5-11(7-14(15)18)22-9-10(20)8-19/h1-7,10,19-20H,8-9,17-18H2. The highest BCUT2D eigenvalue weighted by Gasteiger charge is 2.14. The Bertz CT molecular complexity index is 690. The largest absolute Gasteiger partial charge is 0.491 e. The molecule has 0 amide bonds. The van der Waals surface area contributed by atoms with Crippen LogP contribution in [0.25, 0.3) is 0 Å². The zero-order valence-corrected chi connectivity index (χ0v) is 12.3. The summed E-state index contributed by atoms with van der Waals surface area (Å²) >= 11 is 0. The quantitative estimate of drug-likeness (QED) is 0.352. The van der Waals surface area contributed by atoms with Crippen molar-refractivity contribution < 1.29 is 24.5 Å². The molecule has 0 aliphatic carbocycles. The van der Waals surface area contributed by atoms with Crippen molar-refractivity contribution in [1.29, 1.82) is 0 Å². The van der Waals surface area contributed by atoms with E-state index >= 15 is 0 Å². The van der Waals surface area contributed by atoms with Gasteiger partial charge in [0.2, 0.25) is 0 Å². The predicted molar refractivity (Wildman–Crippen MR) is 85.3 cm³/mol. The number of aliphatic hydroxyl groups excluding tert-OH is 2. The molecule has 6 N–H and O–H groups in total. The van der Waals surface area contributed by atoms with Crippen molar-refractivity contribution in [2.24, 2.45) is 0 Å². The predicted octanol–water partition coefficient (Wildman–Crippen LogP) is 0.802. The summed E-state index contributed by atoms with van der Waals surface area (Å²) in [5.41, 5.74) is 12.3. The van der Waals surface area contributed by atoms with E-state index in [9.17, 15) is 9.90 Å². The number of benzene rings is 2.